The van der Waals surface area contributed by atoms with Crippen LogP contribution >= 0.6 is 0 Å². The van der Waals surface area contributed by atoms with Crippen LogP contribution in [0.4, 0.5) is 0 Å². The maximum Gasteiger partial charge on any atom is 0.314 e. The summed E-state index contributed by atoms with van der Waals surface area (Å²) in [7, 11) is 0. The molecule has 5 nitrogen and oxygen atoms in total. The van der Waals surface area contributed by atoms with Crippen LogP contribution in [0.15, 0.2) is 47.6 Å². The molecule has 0 heterocycles. The van der Waals surface area contributed by atoms with Gasteiger partial charge in [-0.15, -0.1) is 0 Å². The number of hydrogen-bond acceptors (Lipinski definition) is 5. The van der Waals surface area contributed by atoms with Gasteiger partial charge in [0.1, 0.15) is 0 Å². The number of aliphatic hydroxyl groups is 3. The molecule has 3 aliphatic carbocycles. The van der Waals surface area contributed by atoms with Crippen LogP contribution in [-0.4, -0.2) is 45.7 Å². The molecular weight excluding hydrogens is 452 g/mol. The summed E-state index contributed by atoms with van der Waals surface area (Å²) in [5, 5.41) is 31.1. The van der Waals surface area contributed by atoms with Gasteiger partial charge >= 0.3 is 5.97 Å². The van der Waals surface area contributed by atoms with Crippen LogP contribution in [0.25, 0.3) is 0 Å². The normalized spacial score (nSPS) is 35.4. The molecule has 3 N–H and O–H groups in total. The molecule has 0 radical (unpaired) electrons. The molecule has 0 amide bonds. The number of esters is 1. The van der Waals surface area contributed by atoms with Gasteiger partial charge in [0.15, 0.2) is 0 Å². The van der Waals surface area contributed by atoms with Gasteiger partial charge in [-0.2, -0.15) is 0 Å². The van der Waals surface area contributed by atoms with Gasteiger partial charge in [-0.3, -0.25) is 4.79 Å². The van der Waals surface area contributed by atoms with Crippen molar-refractivity contribution in [2.75, 3.05) is 0 Å². The van der Waals surface area contributed by atoms with E-state index in [2.05, 4.69) is 38.7 Å². The predicted molar refractivity (Wildman–Crippen MR) is 144 cm³/mol. The minimum Gasteiger partial charge on any atom is -0.462 e. The third-order valence-electron chi connectivity index (χ3n) is 9.14. The van der Waals surface area contributed by atoms with E-state index in [0.29, 0.717) is 24.7 Å². The largest absolute Gasteiger partial charge is 0.462 e. The second-order valence-electron chi connectivity index (χ2n) is 12.5. The molecule has 7 atom stereocenters. The summed E-state index contributed by atoms with van der Waals surface area (Å²) in [5.41, 5.74) is 2.35. The number of ether oxygens (including phenoxy) is 1. The van der Waals surface area contributed by atoms with E-state index in [0.717, 1.165) is 36.8 Å². The van der Waals surface area contributed by atoms with Gasteiger partial charge in [-0.1, -0.05) is 50.3 Å². The number of hydrogen-bond donors (Lipinski definition) is 3. The summed E-state index contributed by atoms with van der Waals surface area (Å²) in [4.78, 5) is 12.5. The number of carbonyl (C=O) groups excluding carboxylic acids is 1. The van der Waals surface area contributed by atoms with Crippen molar-refractivity contribution in [2.24, 2.45) is 28.6 Å². The lowest BCUT2D eigenvalue weighted by Gasteiger charge is -2.44. The zero-order valence-corrected chi connectivity index (χ0v) is 23.2. The van der Waals surface area contributed by atoms with E-state index >= 15 is 0 Å². The van der Waals surface area contributed by atoms with Crippen molar-refractivity contribution in [3.63, 3.8) is 0 Å². The van der Waals surface area contributed by atoms with Gasteiger partial charge in [-0.25, -0.2) is 0 Å². The molecule has 0 saturated heterocycles. The minimum absolute atomic E-state index is 0.186. The number of rotatable bonds is 7. The molecule has 3 aliphatic rings. The Balaban J connectivity index is 1.72. The Hall–Kier alpha value is -1.69. The first-order chi connectivity index (χ1) is 16.8. The van der Waals surface area contributed by atoms with Crippen molar-refractivity contribution in [1.29, 1.82) is 0 Å². The van der Waals surface area contributed by atoms with Crippen LogP contribution < -0.4 is 0 Å². The quantitative estimate of drug-likeness (QED) is 0.310. The molecule has 0 aliphatic heterocycles. The minimum atomic E-state index is -0.999. The Morgan fingerprint density at radius 2 is 1.86 bits per heavy atom. The molecule has 0 aromatic heterocycles. The van der Waals surface area contributed by atoms with Crippen molar-refractivity contribution in [1.82, 2.24) is 0 Å². The molecule has 3 saturated carbocycles. The van der Waals surface area contributed by atoms with Gasteiger partial charge in [0, 0.05) is 6.42 Å². The lowest BCUT2D eigenvalue weighted by Crippen LogP contribution is -2.39. The molecule has 0 unspecified atom stereocenters. The topological polar surface area (TPSA) is 87.0 Å². The molecule has 0 bridgehead atoms. The van der Waals surface area contributed by atoms with Crippen LogP contribution in [-0.2, 0) is 9.53 Å². The fourth-order valence-corrected chi connectivity index (χ4v) is 6.75. The molecular formula is C31H48O5. The maximum atomic E-state index is 12.5. The summed E-state index contributed by atoms with van der Waals surface area (Å²) in [6, 6.07) is 0. The fourth-order valence-electron chi connectivity index (χ4n) is 6.75. The number of carbonyl (C=O) groups is 1. The first-order valence-corrected chi connectivity index (χ1v) is 13.8. The Morgan fingerprint density at radius 1 is 1.17 bits per heavy atom. The van der Waals surface area contributed by atoms with E-state index in [1.54, 1.807) is 19.9 Å². The van der Waals surface area contributed by atoms with E-state index < -0.39 is 23.7 Å². The summed E-state index contributed by atoms with van der Waals surface area (Å²) in [6.07, 6.45) is 12.6. The molecule has 0 spiro atoms. The smallest absolute Gasteiger partial charge is 0.314 e. The standard InChI is InChI=1S/C31H48O5/c1-19(2)36-29(35)30(5,6)28(34)15-10-20(3)25-13-14-26-22(9-8-16-31(25,26)7)11-12-23-17-24(32)18-27(33)21(23)4/h10-12,15,19-20,24-28,32-34H,4,8-9,13-14,16-18H2,1-3,5-7H3/b15-10?,22-11-,23-12+/t20-,24-,25-,26+,27+,28-,31-/m1/s1. The molecule has 36 heavy (non-hydrogen) atoms. The molecule has 5 heteroatoms. The zero-order valence-electron chi connectivity index (χ0n) is 23.2. The molecule has 0 aromatic rings. The van der Waals surface area contributed by atoms with Crippen molar-refractivity contribution < 1.29 is 24.9 Å². The van der Waals surface area contributed by atoms with Crippen molar-refractivity contribution >= 4 is 5.97 Å². The van der Waals surface area contributed by atoms with E-state index in [-0.39, 0.29) is 23.4 Å². The van der Waals surface area contributed by atoms with Crippen LogP contribution in [0.5, 0.6) is 0 Å². The van der Waals surface area contributed by atoms with Crippen molar-refractivity contribution in [3.05, 3.63) is 47.6 Å². The van der Waals surface area contributed by atoms with Crippen molar-refractivity contribution in [2.45, 2.75) is 111 Å². The van der Waals surface area contributed by atoms with Gasteiger partial charge in [-0.05, 0) is 101 Å². The molecule has 3 rings (SSSR count). The molecule has 3 fully saturated rings. The molecule has 0 aromatic carbocycles. The highest BCUT2D eigenvalue weighted by molar-refractivity contribution is 5.77. The maximum absolute atomic E-state index is 12.5. The highest BCUT2D eigenvalue weighted by Crippen LogP contribution is 2.59. The molecule has 202 valence electrons. The Bertz CT molecular complexity index is 910. The van der Waals surface area contributed by atoms with Gasteiger partial charge in [0.25, 0.3) is 0 Å². The third-order valence-corrected chi connectivity index (χ3v) is 9.14. The van der Waals surface area contributed by atoms with Crippen molar-refractivity contribution in [3.8, 4) is 0 Å². The lowest BCUT2D eigenvalue weighted by molar-refractivity contribution is -0.162. The summed E-state index contributed by atoms with van der Waals surface area (Å²) >= 11 is 0. The first-order valence-electron chi connectivity index (χ1n) is 13.8. The number of aliphatic hydroxyl groups excluding tert-OH is 3. The Morgan fingerprint density at radius 3 is 2.53 bits per heavy atom. The van der Waals surface area contributed by atoms with Crippen LogP contribution in [0.2, 0.25) is 0 Å². The highest BCUT2D eigenvalue weighted by atomic mass is 16.5. The van der Waals surface area contributed by atoms with E-state index in [9.17, 15) is 20.1 Å². The predicted octanol–water partition coefficient (Wildman–Crippen LogP) is 5.66. The average molecular weight is 501 g/mol. The van der Waals surface area contributed by atoms with Gasteiger partial charge < -0.3 is 20.1 Å². The Labute approximate surface area is 218 Å². The number of allylic oxidation sites excluding steroid dienone is 4. The monoisotopic (exact) mass is 500 g/mol. The zero-order chi connectivity index (χ0) is 26.8. The van der Waals surface area contributed by atoms with Crippen LogP contribution in [0.1, 0.15) is 86.5 Å². The van der Waals surface area contributed by atoms with E-state index in [4.69, 9.17) is 4.74 Å². The summed E-state index contributed by atoms with van der Waals surface area (Å²) in [5.74, 6) is 0.916. The highest BCUT2D eigenvalue weighted by Gasteiger charge is 2.50. The van der Waals surface area contributed by atoms with E-state index in [1.165, 1.54) is 12.0 Å². The summed E-state index contributed by atoms with van der Waals surface area (Å²) < 4.78 is 5.35. The number of fused-ring (bicyclic) bond motifs is 1. The van der Waals surface area contributed by atoms with Crippen LogP contribution in [0.3, 0.4) is 0 Å². The first kappa shape index (κ1) is 28.9. The van der Waals surface area contributed by atoms with Gasteiger partial charge in [0.05, 0.1) is 29.8 Å². The van der Waals surface area contributed by atoms with Gasteiger partial charge in [0.2, 0.25) is 0 Å². The fraction of sp³-hybridized carbons (Fsp3) is 0.710. The SMILES string of the molecule is C=C1/C(=C/C=C2/CCC[C@]3(C)[C@@H]([C@H](C)C=C[C@@H](O)C(C)(C)C(=O)OC(C)C)CC[C@@H]23)C[C@@H](O)C[C@@H]1O. The second kappa shape index (κ2) is 11.4. The Kier molecular flexibility index (Phi) is 9.12. The summed E-state index contributed by atoms with van der Waals surface area (Å²) in [6.45, 7) is 15.8. The second-order valence-corrected chi connectivity index (χ2v) is 12.5. The van der Waals surface area contributed by atoms with E-state index in [1.807, 2.05) is 13.8 Å². The lowest BCUT2D eigenvalue weighted by atomic mass is 9.61. The van der Waals surface area contributed by atoms with Crippen LogP contribution in [0, 0.1) is 28.6 Å². The average Bonchev–Trinajstić information content (AvgIpc) is 3.15. The third kappa shape index (κ3) is 6.06.